The molecule has 0 atom stereocenters. The van der Waals surface area contributed by atoms with E-state index in [1.807, 2.05) is 31.2 Å². The molecule has 1 amide bonds. The largest absolute Gasteiger partial charge is 0.352 e. The zero-order valence-electron chi connectivity index (χ0n) is 14.9. The first kappa shape index (κ1) is 20.4. The summed E-state index contributed by atoms with van der Waals surface area (Å²) in [7, 11) is -3.45. The number of nitrogens with one attached hydrogen (secondary N) is 1. The fourth-order valence-corrected chi connectivity index (χ4v) is 3.49. The predicted octanol–water partition coefficient (Wildman–Crippen LogP) is 3.12. The molecule has 0 saturated heterocycles. The molecule has 0 heterocycles. The molecule has 0 aliphatic rings. The molecule has 2 aromatic carbocycles. The maximum atomic E-state index is 12.1. The van der Waals surface area contributed by atoms with Crippen molar-refractivity contribution in [2.24, 2.45) is 0 Å². The van der Waals surface area contributed by atoms with E-state index in [0.717, 1.165) is 17.4 Å². The number of halogens is 1. The van der Waals surface area contributed by atoms with Crippen molar-refractivity contribution in [3.05, 3.63) is 70.2 Å². The molecule has 26 heavy (non-hydrogen) atoms. The summed E-state index contributed by atoms with van der Waals surface area (Å²) in [4.78, 5) is 12.1. The minimum Gasteiger partial charge on any atom is -0.352 e. The second-order valence-corrected chi connectivity index (χ2v) is 8.53. The molecule has 140 valence electrons. The summed E-state index contributed by atoms with van der Waals surface area (Å²) < 4.78 is 25.3. The van der Waals surface area contributed by atoms with Crippen LogP contribution in [0.15, 0.2) is 48.5 Å². The molecular formula is C19H23ClN2O3S. The summed E-state index contributed by atoms with van der Waals surface area (Å²) in [5.74, 6) is -0.193. The Hall–Kier alpha value is -1.89. The third-order valence-electron chi connectivity index (χ3n) is 4.10. The fourth-order valence-electron chi connectivity index (χ4n) is 2.50. The van der Waals surface area contributed by atoms with Crippen molar-refractivity contribution in [1.82, 2.24) is 9.62 Å². The lowest BCUT2D eigenvalue weighted by Gasteiger charge is -2.20. The van der Waals surface area contributed by atoms with Gasteiger partial charge in [0, 0.05) is 31.1 Å². The second kappa shape index (κ2) is 9.16. The third kappa shape index (κ3) is 6.12. The number of carbonyl (C=O) groups is 1. The van der Waals surface area contributed by atoms with Crippen molar-refractivity contribution in [3.8, 4) is 0 Å². The van der Waals surface area contributed by atoms with Gasteiger partial charge in [0.15, 0.2) is 0 Å². The third-order valence-corrected chi connectivity index (χ3v) is 5.72. The highest BCUT2D eigenvalue weighted by Crippen LogP contribution is 2.18. The Bertz CT molecular complexity index is 869. The molecule has 0 spiro atoms. The van der Waals surface area contributed by atoms with E-state index in [-0.39, 0.29) is 25.4 Å². The summed E-state index contributed by atoms with van der Waals surface area (Å²) in [5, 5.41) is 3.34. The second-order valence-electron chi connectivity index (χ2n) is 6.14. The summed E-state index contributed by atoms with van der Waals surface area (Å²) in [6.45, 7) is 2.65. The van der Waals surface area contributed by atoms with E-state index in [0.29, 0.717) is 17.1 Å². The molecule has 2 aromatic rings. The zero-order valence-corrected chi connectivity index (χ0v) is 16.5. The molecule has 0 radical (unpaired) electrons. The van der Waals surface area contributed by atoms with Crippen LogP contribution in [0.4, 0.5) is 0 Å². The predicted molar refractivity (Wildman–Crippen MR) is 104 cm³/mol. The zero-order chi connectivity index (χ0) is 19.2. The molecule has 0 aromatic heterocycles. The van der Waals surface area contributed by atoms with E-state index in [9.17, 15) is 13.2 Å². The number of hydrogen-bond donors (Lipinski definition) is 1. The Morgan fingerprint density at radius 2 is 1.69 bits per heavy atom. The Morgan fingerprint density at radius 3 is 2.31 bits per heavy atom. The molecule has 2 rings (SSSR count). The standard InChI is InChI=1S/C19H23ClN2O3S/c1-15-7-3-4-8-16(15)13-21-19(23)11-12-22(26(2,24)25)14-17-9-5-6-10-18(17)20/h3-10H,11-14H2,1-2H3,(H,21,23). The summed E-state index contributed by atoms with van der Waals surface area (Å²) in [5.41, 5.74) is 2.85. The first-order chi connectivity index (χ1) is 12.3. The molecule has 0 bridgehead atoms. The Labute approximate surface area is 160 Å². The van der Waals surface area contributed by atoms with Crippen LogP contribution in [-0.4, -0.2) is 31.4 Å². The smallest absolute Gasteiger partial charge is 0.221 e. The molecule has 0 unspecified atom stereocenters. The molecule has 0 fully saturated rings. The van der Waals surface area contributed by atoms with E-state index in [4.69, 9.17) is 11.6 Å². The molecule has 7 heteroatoms. The minimum absolute atomic E-state index is 0.0867. The first-order valence-corrected chi connectivity index (χ1v) is 10.5. The number of hydrogen-bond acceptors (Lipinski definition) is 3. The highest BCUT2D eigenvalue weighted by Gasteiger charge is 2.19. The van der Waals surface area contributed by atoms with Crippen molar-refractivity contribution in [2.45, 2.75) is 26.4 Å². The van der Waals surface area contributed by atoms with Gasteiger partial charge >= 0.3 is 0 Å². The Balaban J connectivity index is 1.94. The van der Waals surface area contributed by atoms with E-state index in [1.165, 1.54) is 4.31 Å². The lowest BCUT2D eigenvalue weighted by molar-refractivity contribution is -0.121. The monoisotopic (exact) mass is 394 g/mol. The van der Waals surface area contributed by atoms with Crippen LogP contribution < -0.4 is 5.32 Å². The molecule has 5 nitrogen and oxygen atoms in total. The molecular weight excluding hydrogens is 372 g/mol. The quantitative estimate of drug-likeness (QED) is 0.748. The number of amides is 1. The van der Waals surface area contributed by atoms with E-state index in [2.05, 4.69) is 5.32 Å². The van der Waals surface area contributed by atoms with Gasteiger partial charge in [-0.1, -0.05) is 54.1 Å². The van der Waals surface area contributed by atoms with Gasteiger partial charge in [0.05, 0.1) is 6.26 Å². The van der Waals surface area contributed by atoms with Crippen LogP contribution in [0.3, 0.4) is 0 Å². The van der Waals surface area contributed by atoms with Gasteiger partial charge in [-0.05, 0) is 29.7 Å². The average Bonchev–Trinajstić information content (AvgIpc) is 2.58. The topological polar surface area (TPSA) is 66.5 Å². The number of aryl methyl sites for hydroxylation is 1. The van der Waals surface area contributed by atoms with Gasteiger partial charge in [0.1, 0.15) is 0 Å². The minimum atomic E-state index is -3.45. The number of benzene rings is 2. The van der Waals surface area contributed by atoms with Crippen LogP contribution in [-0.2, 0) is 27.9 Å². The fraction of sp³-hybridized carbons (Fsp3) is 0.316. The molecule has 0 aliphatic heterocycles. The van der Waals surface area contributed by atoms with Crippen LogP contribution in [0.1, 0.15) is 23.1 Å². The van der Waals surface area contributed by atoms with Gasteiger partial charge < -0.3 is 5.32 Å². The Morgan fingerprint density at radius 1 is 1.08 bits per heavy atom. The van der Waals surface area contributed by atoms with Gasteiger partial charge in [-0.15, -0.1) is 0 Å². The van der Waals surface area contributed by atoms with E-state index >= 15 is 0 Å². The summed E-state index contributed by atoms with van der Waals surface area (Å²) in [6.07, 6.45) is 1.22. The van der Waals surface area contributed by atoms with Gasteiger partial charge in [-0.25, -0.2) is 8.42 Å². The van der Waals surface area contributed by atoms with Crippen LogP contribution >= 0.6 is 11.6 Å². The highest BCUT2D eigenvalue weighted by atomic mass is 35.5. The summed E-state index contributed by atoms with van der Waals surface area (Å²) in [6, 6.07) is 14.9. The van der Waals surface area contributed by atoms with Crippen LogP contribution in [0, 0.1) is 6.92 Å². The Kier molecular flexibility index (Phi) is 7.20. The van der Waals surface area contributed by atoms with E-state index in [1.54, 1.807) is 24.3 Å². The molecule has 0 aliphatic carbocycles. The average molecular weight is 395 g/mol. The normalized spacial score (nSPS) is 11.5. The maximum Gasteiger partial charge on any atom is 0.221 e. The summed E-state index contributed by atoms with van der Waals surface area (Å²) >= 11 is 6.11. The van der Waals surface area contributed by atoms with E-state index < -0.39 is 10.0 Å². The lowest BCUT2D eigenvalue weighted by atomic mass is 10.1. The van der Waals surface area contributed by atoms with Crippen molar-refractivity contribution in [1.29, 1.82) is 0 Å². The van der Waals surface area contributed by atoms with Crippen LogP contribution in [0.5, 0.6) is 0 Å². The number of nitrogens with zero attached hydrogens (tertiary/aromatic N) is 1. The van der Waals surface area contributed by atoms with Crippen LogP contribution in [0.2, 0.25) is 5.02 Å². The van der Waals surface area contributed by atoms with Gasteiger partial charge in [-0.2, -0.15) is 4.31 Å². The van der Waals surface area contributed by atoms with Gasteiger partial charge in [-0.3, -0.25) is 4.79 Å². The molecule has 0 saturated carbocycles. The maximum absolute atomic E-state index is 12.1. The van der Waals surface area contributed by atoms with Crippen molar-refractivity contribution in [3.63, 3.8) is 0 Å². The van der Waals surface area contributed by atoms with Crippen molar-refractivity contribution >= 4 is 27.5 Å². The van der Waals surface area contributed by atoms with Gasteiger partial charge in [0.2, 0.25) is 15.9 Å². The van der Waals surface area contributed by atoms with Gasteiger partial charge in [0.25, 0.3) is 0 Å². The number of rotatable bonds is 8. The molecule has 1 N–H and O–H groups in total. The number of carbonyl (C=O) groups excluding carboxylic acids is 1. The highest BCUT2D eigenvalue weighted by molar-refractivity contribution is 7.88. The van der Waals surface area contributed by atoms with Crippen LogP contribution in [0.25, 0.3) is 0 Å². The lowest BCUT2D eigenvalue weighted by Crippen LogP contribution is -2.34. The SMILES string of the molecule is Cc1ccccc1CNC(=O)CCN(Cc1ccccc1Cl)S(C)(=O)=O. The van der Waals surface area contributed by atoms with Crippen molar-refractivity contribution < 1.29 is 13.2 Å². The van der Waals surface area contributed by atoms with Crippen molar-refractivity contribution in [2.75, 3.05) is 12.8 Å². The number of sulfonamides is 1. The first-order valence-electron chi connectivity index (χ1n) is 8.27.